The van der Waals surface area contributed by atoms with Crippen molar-refractivity contribution in [3.05, 3.63) is 0 Å². The summed E-state index contributed by atoms with van der Waals surface area (Å²) in [6.45, 7) is 6.30. The molecule has 0 aromatic rings. The van der Waals surface area contributed by atoms with Crippen LogP contribution in [0.4, 0.5) is 0 Å². The maximum Gasteiger partial charge on any atom is 0.0709 e. The van der Waals surface area contributed by atoms with Crippen molar-refractivity contribution in [3.63, 3.8) is 0 Å². The van der Waals surface area contributed by atoms with E-state index in [0.717, 1.165) is 45.6 Å². The number of hydrogen-bond donors (Lipinski definition) is 1. The molecule has 0 amide bonds. The van der Waals surface area contributed by atoms with Gasteiger partial charge in [-0.2, -0.15) is 0 Å². The Morgan fingerprint density at radius 2 is 1.93 bits per heavy atom. The molecule has 0 aromatic carbocycles. The summed E-state index contributed by atoms with van der Waals surface area (Å²) in [6.07, 6.45) is 3.43. The zero-order valence-electron chi connectivity index (χ0n) is 9.27. The Morgan fingerprint density at radius 3 is 2.36 bits per heavy atom. The molecule has 0 atom stereocenters. The van der Waals surface area contributed by atoms with Gasteiger partial charge in [0.2, 0.25) is 0 Å². The lowest BCUT2D eigenvalue weighted by molar-refractivity contribution is -0.155. The van der Waals surface area contributed by atoms with Gasteiger partial charge >= 0.3 is 0 Å². The molecule has 0 aromatic heterocycles. The van der Waals surface area contributed by atoms with Gasteiger partial charge in [-0.3, -0.25) is 0 Å². The number of hydrogen-bond acceptors (Lipinski definition) is 3. The highest BCUT2D eigenvalue weighted by Gasteiger charge is 2.43. The summed E-state index contributed by atoms with van der Waals surface area (Å²) in [5.41, 5.74) is 0.483. The normalized spacial score (nSPS) is 29.6. The first-order valence-corrected chi connectivity index (χ1v) is 5.52. The van der Waals surface area contributed by atoms with E-state index in [1.807, 2.05) is 7.11 Å². The molecule has 0 spiro atoms. The average molecular weight is 199 g/mol. The Labute approximate surface area is 86.2 Å². The van der Waals surface area contributed by atoms with Crippen molar-refractivity contribution in [2.75, 3.05) is 33.4 Å². The predicted octanol–water partition coefficient (Wildman–Crippen LogP) is 1.18. The standard InChI is InChI=1S/C11H21NO2/c1-10(8-14-9-10)7-11(13-2)3-5-12-6-4-11/h12H,3-9H2,1-2H3. The maximum atomic E-state index is 5.75. The molecule has 2 heterocycles. The molecule has 2 aliphatic heterocycles. The van der Waals surface area contributed by atoms with E-state index in [-0.39, 0.29) is 5.60 Å². The smallest absolute Gasteiger partial charge is 0.0709 e. The van der Waals surface area contributed by atoms with Gasteiger partial charge in [0.05, 0.1) is 18.8 Å². The van der Waals surface area contributed by atoms with Crippen LogP contribution in [0, 0.1) is 5.41 Å². The molecule has 2 aliphatic rings. The second kappa shape index (κ2) is 3.80. The topological polar surface area (TPSA) is 30.5 Å². The minimum Gasteiger partial charge on any atom is -0.380 e. The third kappa shape index (κ3) is 1.95. The van der Waals surface area contributed by atoms with Crippen molar-refractivity contribution < 1.29 is 9.47 Å². The first-order valence-electron chi connectivity index (χ1n) is 5.52. The van der Waals surface area contributed by atoms with Gasteiger partial charge in [-0.1, -0.05) is 6.92 Å². The average Bonchev–Trinajstić information content (AvgIpc) is 2.17. The summed E-state index contributed by atoms with van der Waals surface area (Å²) in [6, 6.07) is 0. The molecule has 82 valence electrons. The minimum atomic E-state index is 0.115. The van der Waals surface area contributed by atoms with Crippen LogP contribution in [0.15, 0.2) is 0 Å². The summed E-state index contributed by atoms with van der Waals surface area (Å²) < 4.78 is 11.1. The van der Waals surface area contributed by atoms with Crippen LogP contribution < -0.4 is 5.32 Å². The van der Waals surface area contributed by atoms with Crippen molar-refractivity contribution in [1.29, 1.82) is 0 Å². The van der Waals surface area contributed by atoms with Crippen LogP contribution in [0.3, 0.4) is 0 Å². The molecule has 0 bridgehead atoms. The molecule has 0 aliphatic carbocycles. The molecule has 14 heavy (non-hydrogen) atoms. The van der Waals surface area contributed by atoms with Gasteiger partial charge in [0.25, 0.3) is 0 Å². The zero-order valence-corrected chi connectivity index (χ0v) is 9.27. The first kappa shape index (κ1) is 10.4. The van der Waals surface area contributed by atoms with Crippen LogP contribution >= 0.6 is 0 Å². The number of rotatable bonds is 3. The molecule has 0 saturated carbocycles. The lowest BCUT2D eigenvalue weighted by Gasteiger charge is -2.47. The van der Waals surface area contributed by atoms with E-state index >= 15 is 0 Å². The molecule has 3 nitrogen and oxygen atoms in total. The Bertz CT molecular complexity index is 195. The van der Waals surface area contributed by atoms with Crippen LogP contribution in [0.25, 0.3) is 0 Å². The lowest BCUT2D eigenvalue weighted by atomic mass is 9.73. The molecule has 0 unspecified atom stereocenters. The van der Waals surface area contributed by atoms with Gasteiger partial charge in [-0.15, -0.1) is 0 Å². The van der Waals surface area contributed by atoms with Crippen molar-refractivity contribution in [2.45, 2.75) is 31.8 Å². The molecule has 3 heteroatoms. The number of nitrogens with one attached hydrogen (secondary N) is 1. The van der Waals surface area contributed by atoms with Crippen LogP contribution in [0.5, 0.6) is 0 Å². The highest BCUT2D eigenvalue weighted by atomic mass is 16.5. The zero-order chi connectivity index (χ0) is 10.1. The molecule has 0 radical (unpaired) electrons. The van der Waals surface area contributed by atoms with Crippen LogP contribution in [0.1, 0.15) is 26.2 Å². The summed E-state index contributed by atoms with van der Waals surface area (Å²) in [5, 5.41) is 3.38. The molecular formula is C11H21NO2. The van der Waals surface area contributed by atoms with E-state index in [1.54, 1.807) is 0 Å². The van der Waals surface area contributed by atoms with Crippen LogP contribution in [0.2, 0.25) is 0 Å². The Hall–Kier alpha value is -0.120. The predicted molar refractivity (Wildman–Crippen MR) is 55.4 cm³/mol. The molecule has 1 N–H and O–H groups in total. The van der Waals surface area contributed by atoms with Gasteiger partial charge < -0.3 is 14.8 Å². The van der Waals surface area contributed by atoms with Crippen molar-refractivity contribution in [1.82, 2.24) is 5.32 Å². The van der Waals surface area contributed by atoms with Crippen molar-refractivity contribution >= 4 is 0 Å². The van der Waals surface area contributed by atoms with Gasteiger partial charge in [0.15, 0.2) is 0 Å². The van der Waals surface area contributed by atoms with Crippen molar-refractivity contribution in [2.24, 2.45) is 5.41 Å². The second-order valence-electron chi connectivity index (χ2n) is 5.12. The maximum absolute atomic E-state index is 5.75. The molecule has 2 rings (SSSR count). The summed E-state index contributed by atoms with van der Waals surface area (Å²) in [4.78, 5) is 0. The lowest BCUT2D eigenvalue weighted by Crippen LogP contribution is -2.51. The van der Waals surface area contributed by atoms with Gasteiger partial charge in [0, 0.05) is 12.5 Å². The van der Waals surface area contributed by atoms with E-state index in [4.69, 9.17) is 9.47 Å². The fourth-order valence-electron chi connectivity index (χ4n) is 2.67. The summed E-state index contributed by atoms with van der Waals surface area (Å²) >= 11 is 0. The minimum absolute atomic E-state index is 0.115. The Kier molecular flexibility index (Phi) is 2.82. The highest BCUT2D eigenvalue weighted by molar-refractivity contribution is 4.94. The van der Waals surface area contributed by atoms with E-state index in [1.165, 1.54) is 0 Å². The fraction of sp³-hybridized carbons (Fsp3) is 1.00. The monoisotopic (exact) mass is 199 g/mol. The number of methoxy groups -OCH3 is 1. The second-order valence-corrected chi connectivity index (χ2v) is 5.12. The molecule has 2 fully saturated rings. The SMILES string of the molecule is COC1(CC2(C)COC2)CCNCC1. The van der Waals surface area contributed by atoms with E-state index in [2.05, 4.69) is 12.2 Å². The Morgan fingerprint density at radius 1 is 1.29 bits per heavy atom. The molecule has 2 saturated heterocycles. The number of ether oxygens (including phenoxy) is 2. The first-order chi connectivity index (χ1) is 6.68. The van der Waals surface area contributed by atoms with Crippen LogP contribution in [-0.2, 0) is 9.47 Å². The quantitative estimate of drug-likeness (QED) is 0.740. The van der Waals surface area contributed by atoms with Crippen LogP contribution in [-0.4, -0.2) is 39.0 Å². The van der Waals surface area contributed by atoms with Crippen molar-refractivity contribution in [3.8, 4) is 0 Å². The Balaban J connectivity index is 1.96. The largest absolute Gasteiger partial charge is 0.380 e. The third-order valence-electron chi connectivity index (χ3n) is 3.60. The van der Waals surface area contributed by atoms with Gasteiger partial charge in [-0.25, -0.2) is 0 Å². The summed E-state index contributed by atoms with van der Waals surface area (Å²) in [5.74, 6) is 0. The van der Waals surface area contributed by atoms with E-state index in [0.29, 0.717) is 5.41 Å². The van der Waals surface area contributed by atoms with Gasteiger partial charge in [0.1, 0.15) is 0 Å². The third-order valence-corrected chi connectivity index (χ3v) is 3.60. The molecular weight excluding hydrogens is 178 g/mol. The van der Waals surface area contributed by atoms with E-state index < -0.39 is 0 Å². The van der Waals surface area contributed by atoms with Gasteiger partial charge in [-0.05, 0) is 32.4 Å². The fourth-order valence-corrected chi connectivity index (χ4v) is 2.67. The highest BCUT2D eigenvalue weighted by Crippen LogP contribution is 2.40. The van der Waals surface area contributed by atoms with E-state index in [9.17, 15) is 0 Å². The number of piperidine rings is 1. The summed E-state index contributed by atoms with van der Waals surface area (Å²) in [7, 11) is 1.86.